The van der Waals surface area contributed by atoms with Crippen LogP contribution in [0.15, 0.2) is 19.8 Å². The van der Waals surface area contributed by atoms with E-state index in [4.69, 9.17) is 5.73 Å². The molecular weight excluding hydrogens is 280 g/mol. The fraction of sp³-hybridized carbons (Fsp3) is 0.455. The molecule has 0 aliphatic heterocycles. The van der Waals surface area contributed by atoms with Crippen molar-refractivity contribution < 1.29 is 0 Å². The van der Waals surface area contributed by atoms with E-state index in [1.807, 2.05) is 6.92 Å². The highest BCUT2D eigenvalue weighted by Crippen LogP contribution is 2.31. The third-order valence-corrected chi connectivity index (χ3v) is 3.95. The van der Waals surface area contributed by atoms with Crippen molar-refractivity contribution in [2.24, 2.45) is 14.1 Å². The van der Waals surface area contributed by atoms with Gasteiger partial charge in [-0.15, -0.1) is 0 Å². The van der Waals surface area contributed by atoms with Crippen molar-refractivity contribution in [1.29, 1.82) is 0 Å². The summed E-state index contributed by atoms with van der Waals surface area (Å²) in [5.74, 6) is 0. The highest BCUT2D eigenvalue weighted by molar-refractivity contribution is 7.99. The van der Waals surface area contributed by atoms with Crippen LogP contribution in [0, 0.1) is 0 Å². The number of nitrogen functional groups attached to an aromatic ring is 1. The summed E-state index contributed by atoms with van der Waals surface area (Å²) >= 11 is 1.19. The van der Waals surface area contributed by atoms with Gasteiger partial charge in [0.1, 0.15) is 5.03 Å². The number of aryl methyl sites for hydroxylation is 3. The second-order valence-electron chi connectivity index (χ2n) is 4.34. The number of rotatable bonds is 4. The molecule has 0 unspecified atom stereocenters. The summed E-state index contributed by atoms with van der Waals surface area (Å²) in [6, 6.07) is 0. The zero-order valence-corrected chi connectivity index (χ0v) is 12.3. The molecular formula is C11H16N6O2S. The molecule has 8 nitrogen and oxygen atoms in total. The van der Waals surface area contributed by atoms with E-state index in [0.717, 1.165) is 18.5 Å². The first kappa shape index (κ1) is 14.4. The summed E-state index contributed by atoms with van der Waals surface area (Å²) in [7, 11) is 3.39. The van der Waals surface area contributed by atoms with E-state index in [0.29, 0.717) is 15.9 Å². The Labute approximate surface area is 119 Å². The molecule has 108 valence electrons. The number of H-pyrrole nitrogens is 1. The van der Waals surface area contributed by atoms with Gasteiger partial charge in [-0.05, 0) is 18.2 Å². The molecule has 0 bridgehead atoms. The summed E-state index contributed by atoms with van der Waals surface area (Å²) in [4.78, 5) is 26.2. The summed E-state index contributed by atoms with van der Waals surface area (Å²) in [5.41, 5.74) is 5.91. The van der Waals surface area contributed by atoms with Crippen LogP contribution in [0.25, 0.3) is 0 Å². The Bertz CT molecular complexity index is 744. The van der Waals surface area contributed by atoms with Crippen LogP contribution in [0.2, 0.25) is 0 Å². The van der Waals surface area contributed by atoms with Crippen LogP contribution in [-0.2, 0) is 20.5 Å². The van der Waals surface area contributed by atoms with Crippen molar-refractivity contribution in [1.82, 2.24) is 24.5 Å². The van der Waals surface area contributed by atoms with E-state index in [2.05, 4.69) is 15.2 Å². The standard InChI is InChI=1S/C11H16N6O2S/c1-4-5-6-7(12)10(16(2)14-6)20-11-13-8(18)9(19)15-17(11)3/h4-5,12H2,1-3H3,(H,15,19). The van der Waals surface area contributed by atoms with Crippen LogP contribution in [0.3, 0.4) is 0 Å². The van der Waals surface area contributed by atoms with Gasteiger partial charge in [-0.2, -0.15) is 10.1 Å². The molecule has 0 radical (unpaired) electrons. The Morgan fingerprint density at radius 1 is 1.35 bits per heavy atom. The fourth-order valence-electron chi connectivity index (χ4n) is 1.76. The number of nitrogens with two attached hydrogens (primary N) is 1. The Morgan fingerprint density at radius 2 is 2.05 bits per heavy atom. The van der Waals surface area contributed by atoms with Gasteiger partial charge in [0.25, 0.3) is 0 Å². The molecule has 0 saturated heterocycles. The first-order valence-electron chi connectivity index (χ1n) is 6.10. The van der Waals surface area contributed by atoms with Crippen LogP contribution in [0.5, 0.6) is 0 Å². The van der Waals surface area contributed by atoms with Crippen LogP contribution < -0.4 is 16.9 Å². The van der Waals surface area contributed by atoms with Gasteiger partial charge in [0.15, 0.2) is 5.16 Å². The highest BCUT2D eigenvalue weighted by atomic mass is 32.2. The summed E-state index contributed by atoms with van der Waals surface area (Å²) < 4.78 is 3.04. The number of hydrogen-bond acceptors (Lipinski definition) is 6. The maximum atomic E-state index is 11.3. The molecule has 2 heterocycles. The molecule has 9 heteroatoms. The molecule has 2 aromatic heterocycles. The lowest BCUT2D eigenvalue weighted by molar-refractivity contribution is 0.593. The molecule has 0 amide bonds. The Morgan fingerprint density at radius 3 is 2.70 bits per heavy atom. The van der Waals surface area contributed by atoms with Crippen molar-refractivity contribution >= 4 is 17.4 Å². The maximum absolute atomic E-state index is 11.3. The summed E-state index contributed by atoms with van der Waals surface area (Å²) in [6.45, 7) is 2.05. The number of hydrogen-bond donors (Lipinski definition) is 2. The maximum Gasteiger partial charge on any atom is 0.339 e. The molecule has 20 heavy (non-hydrogen) atoms. The molecule has 2 rings (SSSR count). The normalized spacial score (nSPS) is 10.9. The number of aromatic nitrogens is 5. The first-order chi connectivity index (χ1) is 9.43. The number of nitrogens with one attached hydrogen (secondary N) is 1. The van der Waals surface area contributed by atoms with Gasteiger partial charge in [0.2, 0.25) is 0 Å². The predicted molar refractivity (Wildman–Crippen MR) is 75.8 cm³/mol. The summed E-state index contributed by atoms with van der Waals surface area (Å²) in [5, 5.41) is 7.79. The fourth-order valence-corrected chi connectivity index (χ4v) is 2.64. The minimum atomic E-state index is -0.819. The van der Waals surface area contributed by atoms with Crippen LogP contribution >= 0.6 is 11.8 Å². The average molecular weight is 296 g/mol. The molecule has 0 spiro atoms. The molecule has 2 aromatic rings. The summed E-state index contributed by atoms with van der Waals surface area (Å²) in [6.07, 6.45) is 1.74. The van der Waals surface area contributed by atoms with E-state index in [1.54, 1.807) is 18.8 Å². The Hall–Kier alpha value is -2.03. The second-order valence-corrected chi connectivity index (χ2v) is 5.30. The molecule has 3 N–H and O–H groups in total. The largest absolute Gasteiger partial charge is 0.395 e. The van der Waals surface area contributed by atoms with E-state index in [1.165, 1.54) is 16.4 Å². The van der Waals surface area contributed by atoms with Gasteiger partial charge < -0.3 is 5.73 Å². The molecule has 0 fully saturated rings. The third-order valence-electron chi connectivity index (χ3n) is 2.73. The van der Waals surface area contributed by atoms with Crippen molar-refractivity contribution in [2.45, 2.75) is 29.9 Å². The van der Waals surface area contributed by atoms with Gasteiger partial charge >= 0.3 is 11.1 Å². The average Bonchev–Trinajstić information content (AvgIpc) is 2.64. The van der Waals surface area contributed by atoms with Crippen molar-refractivity contribution in [3.8, 4) is 0 Å². The molecule has 0 atom stereocenters. The third kappa shape index (κ3) is 2.62. The highest BCUT2D eigenvalue weighted by Gasteiger charge is 2.16. The lowest BCUT2D eigenvalue weighted by atomic mass is 10.2. The zero-order chi connectivity index (χ0) is 14.9. The lowest BCUT2D eigenvalue weighted by Gasteiger charge is -2.06. The second kappa shape index (κ2) is 5.53. The van der Waals surface area contributed by atoms with Crippen LogP contribution in [0.4, 0.5) is 5.69 Å². The Balaban J connectivity index is 2.43. The van der Waals surface area contributed by atoms with Gasteiger partial charge in [-0.3, -0.25) is 24.1 Å². The lowest BCUT2D eigenvalue weighted by Crippen LogP contribution is -2.33. The molecule has 0 aliphatic rings. The van der Waals surface area contributed by atoms with Gasteiger partial charge in [0, 0.05) is 14.1 Å². The quantitative estimate of drug-likeness (QED) is 0.761. The molecule has 0 aliphatic carbocycles. The monoisotopic (exact) mass is 296 g/mol. The van der Waals surface area contributed by atoms with Crippen LogP contribution in [-0.4, -0.2) is 24.5 Å². The molecule has 0 aromatic carbocycles. The van der Waals surface area contributed by atoms with E-state index < -0.39 is 11.1 Å². The minimum Gasteiger partial charge on any atom is -0.395 e. The Kier molecular flexibility index (Phi) is 3.98. The minimum absolute atomic E-state index is 0.354. The SMILES string of the molecule is CCCc1nn(C)c(Sc2nc(=O)c(=O)[nH]n2C)c1N. The number of anilines is 1. The smallest absolute Gasteiger partial charge is 0.339 e. The van der Waals surface area contributed by atoms with Crippen LogP contribution in [0.1, 0.15) is 19.0 Å². The predicted octanol–water partition coefficient (Wildman–Crippen LogP) is -0.112. The van der Waals surface area contributed by atoms with Gasteiger partial charge in [0.05, 0.1) is 11.4 Å². The number of nitrogens with zero attached hydrogens (tertiary/aromatic N) is 4. The van der Waals surface area contributed by atoms with Gasteiger partial charge in [-0.25, -0.2) is 0 Å². The first-order valence-corrected chi connectivity index (χ1v) is 6.92. The molecule has 0 saturated carbocycles. The van der Waals surface area contributed by atoms with E-state index in [-0.39, 0.29) is 0 Å². The van der Waals surface area contributed by atoms with Crippen molar-refractivity contribution in [3.05, 3.63) is 26.4 Å². The van der Waals surface area contributed by atoms with Crippen molar-refractivity contribution in [3.63, 3.8) is 0 Å². The van der Waals surface area contributed by atoms with E-state index >= 15 is 0 Å². The van der Waals surface area contributed by atoms with Gasteiger partial charge in [-0.1, -0.05) is 13.3 Å². The topological polar surface area (TPSA) is 112 Å². The zero-order valence-electron chi connectivity index (χ0n) is 11.5. The van der Waals surface area contributed by atoms with E-state index in [9.17, 15) is 9.59 Å². The van der Waals surface area contributed by atoms with Crippen molar-refractivity contribution in [2.75, 3.05) is 5.73 Å². The number of aromatic amines is 1.